The maximum absolute atomic E-state index is 5.26. The Labute approximate surface area is 106 Å². The van der Waals surface area contributed by atoms with Crippen molar-refractivity contribution in [2.45, 2.75) is 38.5 Å². The van der Waals surface area contributed by atoms with Crippen molar-refractivity contribution in [1.29, 1.82) is 0 Å². The van der Waals surface area contributed by atoms with Crippen LogP contribution >= 0.6 is 15.9 Å². The van der Waals surface area contributed by atoms with Gasteiger partial charge >= 0.3 is 0 Å². The molecule has 1 aromatic carbocycles. The van der Waals surface area contributed by atoms with Crippen LogP contribution < -0.4 is 5.32 Å². The average molecular weight is 284 g/mol. The first-order valence-electron chi connectivity index (χ1n) is 5.70. The van der Waals surface area contributed by atoms with Gasteiger partial charge in [-0.15, -0.1) is 0 Å². The van der Waals surface area contributed by atoms with Crippen LogP contribution in [-0.4, -0.2) is 19.3 Å². The predicted molar refractivity (Wildman–Crippen MR) is 69.5 cm³/mol. The SMILES string of the molecule is COC1CC(NCc2ccc(Br)c(C)c2)C1. The minimum atomic E-state index is 0.476. The first kappa shape index (κ1) is 12.1. The molecule has 0 aromatic heterocycles. The van der Waals surface area contributed by atoms with E-state index >= 15 is 0 Å². The Kier molecular flexibility index (Phi) is 4.00. The van der Waals surface area contributed by atoms with Crippen LogP contribution in [0.4, 0.5) is 0 Å². The van der Waals surface area contributed by atoms with Crippen LogP contribution in [-0.2, 0) is 11.3 Å². The fourth-order valence-electron chi connectivity index (χ4n) is 2.00. The van der Waals surface area contributed by atoms with Gasteiger partial charge in [0.05, 0.1) is 6.10 Å². The molecule has 1 saturated carbocycles. The van der Waals surface area contributed by atoms with E-state index < -0.39 is 0 Å². The third-order valence-corrected chi connectivity index (χ3v) is 4.14. The lowest BCUT2D eigenvalue weighted by atomic mass is 9.89. The molecule has 0 radical (unpaired) electrons. The maximum atomic E-state index is 5.26. The maximum Gasteiger partial charge on any atom is 0.0601 e. The fourth-order valence-corrected chi connectivity index (χ4v) is 2.25. The number of rotatable bonds is 4. The molecule has 1 aromatic rings. The van der Waals surface area contributed by atoms with Crippen LogP contribution in [0.5, 0.6) is 0 Å². The summed E-state index contributed by atoms with van der Waals surface area (Å²) in [6, 6.07) is 7.14. The monoisotopic (exact) mass is 283 g/mol. The van der Waals surface area contributed by atoms with Crippen LogP contribution in [0.15, 0.2) is 22.7 Å². The summed E-state index contributed by atoms with van der Waals surface area (Å²) in [4.78, 5) is 0. The average Bonchev–Trinajstić information content (AvgIpc) is 2.21. The van der Waals surface area contributed by atoms with Crippen molar-refractivity contribution < 1.29 is 4.74 Å². The van der Waals surface area contributed by atoms with Gasteiger partial charge < -0.3 is 10.1 Å². The van der Waals surface area contributed by atoms with Crippen molar-refractivity contribution >= 4 is 15.9 Å². The van der Waals surface area contributed by atoms with E-state index in [4.69, 9.17) is 4.74 Å². The molecule has 0 atom stereocenters. The van der Waals surface area contributed by atoms with Crippen molar-refractivity contribution in [3.05, 3.63) is 33.8 Å². The molecule has 0 amide bonds. The molecular formula is C13H18BrNO. The minimum absolute atomic E-state index is 0.476. The Morgan fingerprint density at radius 2 is 2.19 bits per heavy atom. The lowest BCUT2D eigenvalue weighted by molar-refractivity contribution is 0.0170. The lowest BCUT2D eigenvalue weighted by Gasteiger charge is -2.34. The van der Waals surface area contributed by atoms with Crippen molar-refractivity contribution in [3.63, 3.8) is 0 Å². The fraction of sp³-hybridized carbons (Fsp3) is 0.538. The molecule has 0 saturated heterocycles. The van der Waals surface area contributed by atoms with Gasteiger partial charge in [-0.2, -0.15) is 0 Å². The largest absolute Gasteiger partial charge is 0.381 e. The van der Waals surface area contributed by atoms with E-state index in [2.05, 4.69) is 46.4 Å². The molecule has 3 heteroatoms. The Balaban J connectivity index is 1.80. The quantitative estimate of drug-likeness (QED) is 0.917. The molecule has 1 N–H and O–H groups in total. The Morgan fingerprint density at radius 3 is 2.81 bits per heavy atom. The highest BCUT2D eigenvalue weighted by atomic mass is 79.9. The molecule has 0 heterocycles. The number of hydrogen-bond acceptors (Lipinski definition) is 2. The van der Waals surface area contributed by atoms with Crippen LogP contribution in [0, 0.1) is 6.92 Å². The normalized spacial score (nSPS) is 24.2. The standard InChI is InChI=1S/C13H18BrNO/c1-9-5-10(3-4-13(9)14)8-15-11-6-12(7-11)16-2/h3-5,11-12,15H,6-8H2,1-2H3. The second-order valence-corrected chi connectivity index (χ2v) is 5.34. The summed E-state index contributed by atoms with van der Waals surface area (Å²) in [6.07, 6.45) is 2.77. The molecule has 2 nitrogen and oxygen atoms in total. The molecule has 1 aliphatic rings. The Bertz CT molecular complexity index is 361. The van der Waals surface area contributed by atoms with E-state index in [-0.39, 0.29) is 0 Å². The molecule has 16 heavy (non-hydrogen) atoms. The summed E-state index contributed by atoms with van der Waals surface area (Å²) in [6.45, 7) is 3.08. The summed E-state index contributed by atoms with van der Waals surface area (Å²) in [7, 11) is 1.79. The van der Waals surface area contributed by atoms with Crippen molar-refractivity contribution in [3.8, 4) is 0 Å². The molecular weight excluding hydrogens is 266 g/mol. The van der Waals surface area contributed by atoms with Gasteiger partial charge in [0.2, 0.25) is 0 Å². The number of methoxy groups -OCH3 is 1. The van der Waals surface area contributed by atoms with Gasteiger partial charge in [-0.25, -0.2) is 0 Å². The lowest BCUT2D eigenvalue weighted by Crippen LogP contribution is -2.44. The van der Waals surface area contributed by atoms with Gasteiger partial charge in [-0.1, -0.05) is 28.1 Å². The second kappa shape index (κ2) is 5.30. The van der Waals surface area contributed by atoms with Gasteiger partial charge in [0.15, 0.2) is 0 Å². The third kappa shape index (κ3) is 2.84. The van der Waals surface area contributed by atoms with Gasteiger partial charge in [0.25, 0.3) is 0 Å². The van der Waals surface area contributed by atoms with E-state index in [9.17, 15) is 0 Å². The number of ether oxygens (including phenoxy) is 1. The van der Waals surface area contributed by atoms with Crippen LogP contribution in [0.2, 0.25) is 0 Å². The summed E-state index contributed by atoms with van der Waals surface area (Å²) in [5, 5.41) is 3.55. The molecule has 0 aliphatic heterocycles. The number of halogens is 1. The highest BCUT2D eigenvalue weighted by molar-refractivity contribution is 9.10. The first-order chi connectivity index (χ1) is 7.69. The number of nitrogens with one attached hydrogen (secondary N) is 1. The van der Waals surface area contributed by atoms with Gasteiger partial charge in [0, 0.05) is 24.2 Å². The van der Waals surface area contributed by atoms with E-state index in [1.165, 1.54) is 15.6 Å². The molecule has 0 unspecified atom stereocenters. The highest BCUT2D eigenvalue weighted by Gasteiger charge is 2.28. The van der Waals surface area contributed by atoms with E-state index in [1.807, 2.05) is 0 Å². The second-order valence-electron chi connectivity index (χ2n) is 4.49. The molecule has 0 bridgehead atoms. The summed E-state index contributed by atoms with van der Waals surface area (Å²) < 4.78 is 6.44. The van der Waals surface area contributed by atoms with E-state index in [0.717, 1.165) is 19.4 Å². The minimum Gasteiger partial charge on any atom is -0.381 e. The van der Waals surface area contributed by atoms with Gasteiger partial charge in [-0.05, 0) is 37.0 Å². The molecule has 1 aliphatic carbocycles. The van der Waals surface area contributed by atoms with E-state index in [1.54, 1.807) is 7.11 Å². The zero-order valence-corrected chi connectivity index (χ0v) is 11.4. The highest BCUT2D eigenvalue weighted by Crippen LogP contribution is 2.23. The van der Waals surface area contributed by atoms with Crippen LogP contribution in [0.3, 0.4) is 0 Å². The molecule has 0 spiro atoms. The number of aryl methyl sites for hydroxylation is 1. The van der Waals surface area contributed by atoms with Crippen molar-refractivity contribution in [2.75, 3.05) is 7.11 Å². The summed E-state index contributed by atoms with van der Waals surface area (Å²) in [5.41, 5.74) is 2.64. The first-order valence-corrected chi connectivity index (χ1v) is 6.49. The third-order valence-electron chi connectivity index (χ3n) is 3.25. The van der Waals surface area contributed by atoms with Crippen molar-refractivity contribution in [2.24, 2.45) is 0 Å². The molecule has 88 valence electrons. The van der Waals surface area contributed by atoms with E-state index in [0.29, 0.717) is 12.1 Å². The molecule has 2 rings (SSSR count). The topological polar surface area (TPSA) is 21.3 Å². The Morgan fingerprint density at radius 1 is 1.44 bits per heavy atom. The zero-order valence-electron chi connectivity index (χ0n) is 9.79. The van der Waals surface area contributed by atoms with Crippen LogP contribution in [0.25, 0.3) is 0 Å². The van der Waals surface area contributed by atoms with Crippen molar-refractivity contribution in [1.82, 2.24) is 5.32 Å². The van der Waals surface area contributed by atoms with Crippen LogP contribution in [0.1, 0.15) is 24.0 Å². The summed E-state index contributed by atoms with van der Waals surface area (Å²) in [5.74, 6) is 0. The predicted octanol–water partition coefficient (Wildman–Crippen LogP) is 3.02. The zero-order chi connectivity index (χ0) is 11.5. The van der Waals surface area contributed by atoms with Gasteiger partial charge in [-0.3, -0.25) is 0 Å². The Hall–Kier alpha value is -0.380. The number of hydrogen-bond donors (Lipinski definition) is 1. The smallest absolute Gasteiger partial charge is 0.0601 e. The molecule has 1 fully saturated rings. The number of benzene rings is 1. The van der Waals surface area contributed by atoms with Gasteiger partial charge in [0.1, 0.15) is 0 Å². The summed E-state index contributed by atoms with van der Waals surface area (Å²) >= 11 is 3.51.